The molecule has 0 radical (unpaired) electrons. The SMILES string of the molecule is CCCOc1ccccc1C(=O)Nc1cccc(-c2nc3ccccc3s2)c1. The van der Waals surface area contributed by atoms with Crippen molar-refractivity contribution in [2.75, 3.05) is 11.9 Å². The van der Waals surface area contributed by atoms with E-state index in [2.05, 4.69) is 11.4 Å². The van der Waals surface area contributed by atoms with Gasteiger partial charge in [0.1, 0.15) is 10.8 Å². The molecule has 0 spiro atoms. The molecule has 1 N–H and O–H groups in total. The second kappa shape index (κ2) is 8.23. The Morgan fingerprint density at radius 3 is 2.71 bits per heavy atom. The summed E-state index contributed by atoms with van der Waals surface area (Å²) in [5.74, 6) is 0.414. The number of carbonyl (C=O) groups is 1. The highest BCUT2D eigenvalue weighted by atomic mass is 32.1. The van der Waals surface area contributed by atoms with E-state index in [1.54, 1.807) is 17.4 Å². The molecule has 4 aromatic rings. The molecule has 0 aliphatic carbocycles. The first-order chi connectivity index (χ1) is 13.7. The van der Waals surface area contributed by atoms with E-state index in [1.807, 2.05) is 67.6 Å². The fourth-order valence-electron chi connectivity index (χ4n) is 2.92. The summed E-state index contributed by atoms with van der Waals surface area (Å²) < 4.78 is 6.85. The van der Waals surface area contributed by atoms with Crippen molar-refractivity contribution in [1.82, 2.24) is 4.98 Å². The quantitative estimate of drug-likeness (QED) is 0.440. The minimum absolute atomic E-state index is 0.187. The number of thiazole rings is 1. The average molecular weight is 388 g/mol. The second-order valence-corrected chi connectivity index (χ2v) is 7.40. The van der Waals surface area contributed by atoms with Gasteiger partial charge in [-0.3, -0.25) is 4.79 Å². The number of nitrogens with zero attached hydrogens (tertiary/aromatic N) is 1. The molecule has 0 aliphatic rings. The van der Waals surface area contributed by atoms with Gasteiger partial charge in [0, 0.05) is 11.3 Å². The molecule has 1 aromatic heterocycles. The normalized spacial score (nSPS) is 10.8. The summed E-state index contributed by atoms with van der Waals surface area (Å²) in [5, 5.41) is 3.91. The third kappa shape index (κ3) is 3.89. The van der Waals surface area contributed by atoms with Gasteiger partial charge in [-0.1, -0.05) is 43.3 Å². The smallest absolute Gasteiger partial charge is 0.259 e. The van der Waals surface area contributed by atoms with E-state index in [1.165, 1.54) is 0 Å². The summed E-state index contributed by atoms with van der Waals surface area (Å²) in [4.78, 5) is 17.5. The molecule has 5 heteroatoms. The molecule has 4 rings (SSSR count). The van der Waals surface area contributed by atoms with Crippen molar-refractivity contribution < 1.29 is 9.53 Å². The van der Waals surface area contributed by atoms with Crippen LogP contribution >= 0.6 is 11.3 Å². The highest BCUT2D eigenvalue weighted by molar-refractivity contribution is 7.21. The van der Waals surface area contributed by atoms with Gasteiger partial charge in [-0.25, -0.2) is 4.98 Å². The molecule has 1 heterocycles. The van der Waals surface area contributed by atoms with Crippen LogP contribution in [0.5, 0.6) is 5.75 Å². The Bertz CT molecular complexity index is 1090. The minimum atomic E-state index is -0.187. The zero-order chi connectivity index (χ0) is 19.3. The van der Waals surface area contributed by atoms with E-state index in [0.717, 1.165) is 32.9 Å². The van der Waals surface area contributed by atoms with Crippen LogP contribution in [0, 0.1) is 0 Å². The van der Waals surface area contributed by atoms with Crippen molar-refractivity contribution >= 4 is 33.1 Å². The predicted molar refractivity (Wildman–Crippen MR) is 115 cm³/mol. The van der Waals surface area contributed by atoms with Crippen LogP contribution in [0.4, 0.5) is 5.69 Å². The summed E-state index contributed by atoms with van der Waals surface area (Å²) in [6.45, 7) is 2.62. The van der Waals surface area contributed by atoms with Crippen LogP contribution in [-0.4, -0.2) is 17.5 Å². The Kier molecular flexibility index (Phi) is 5.35. The maximum absolute atomic E-state index is 12.8. The molecule has 28 heavy (non-hydrogen) atoms. The second-order valence-electron chi connectivity index (χ2n) is 6.37. The predicted octanol–water partition coefficient (Wildman–Crippen LogP) is 6.00. The number of ether oxygens (including phenoxy) is 1. The van der Waals surface area contributed by atoms with Crippen molar-refractivity contribution in [2.45, 2.75) is 13.3 Å². The van der Waals surface area contributed by atoms with E-state index in [0.29, 0.717) is 17.9 Å². The van der Waals surface area contributed by atoms with Gasteiger partial charge in [0.15, 0.2) is 0 Å². The summed E-state index contributed by atoms with van der Waals surface area (Å²) in [6.07, 6.45) is 0.889. The summed E-state index contributed by atoms with van der Waals surface area (Å²) >= 11 is 1.64. The van der Waals surface area contributed by atoms with E-state index in [4.69, 9.17) is 9.72 Å². The number of hydrogen-bond donors (Lipinski definition) is 1. The van der Waals surface area contributed by atoms with Crippen molar-refractivity contribution in [2.24, 2.45) is 0 Å². The number of hydrogen-bond acceptors (Lipinski definition) is 4. The molecule has 4 nitrogen and oxygen atoms in total. The van der Waals surface area contributed by atoms with Gasteiger partial charge in [-0.05, 0) is 42.8 Å². The molecule has 0 bridgehead atoms. The monoisotopic (exact) mass is 388 g/mol. The lowest BCUT2D eigenvalue weighted by Crippen LogP contribution is -2.13. The standard InChI is InChI=1S/C23H20N2O2S/c1-2-14-27-20-12-5-3-10-18(20)22(26)24-17-9-7-8-16(15-17)23-25-19-11-4-6-13-21(19)28-23/h3-13,15H,2,14H2,1H3,(H,24,26). The number of para-hydroxylation sites is 2. The van der Waals surface area contributed by atoms with Gasteiger partial charge in [0.25, 0.3) is 5.91 Å². The van der Waals surface area contributed by atoms with E-state index in [-0.39, 0.29) is 5.91 Å². The maximum atomic E-state index is 12.8. The Morgan fingerprint density at radius 2 is 1.86 bits per heavy atom. The number of rotatable bonds is 6. The maximum Gasteiger partial charge on any atom is 0.259 e. The summed E-state index contributed by atoms with van der Waals surface area (Å²) in [6, 6.07) is 23.1. The Balaban J connectivity index is 1.58. The van der Waals surface area contributed by atoms with Crippen molar-refractivity contribution in [3.63, 3.8) is 0 Å². The number of nitrogens with one attached hydrogen (secondary N) is 1. The third-order valence-electron chi connectivity index (χ3n) is 4.25. The van der Waals surface area contributed by atoms with Crippen molar-refractivity contribution in [3.05, 3.63) is 78.4 Å². The highest BCUT2D eigenvalue weighted by Gasteiger charge is 2.13. The third-order valence-corrected chi connectivity index (χ3v) is 5.34. The summed E-state index contributed by atoms with van der Waals surface area (Å²) in [7, 11) is 0. The number of fused-ring (bicyclic) bond motifs is 1. The number of carbonyl (C=O) groups excluding carboxylic acids is 1. The van der Waals surface area contributed by atoms with Crippen molar-refractivity contribution in [1.29, 1.82) is 0 Å². The van der Waals surface area contributed by atoms with Gasteiger partial charge < -0.3 is 10.1 Å². The van der Waals surface area contributed by atoms with E-state index < -0.39 is 0 Å². The molecule has 0 fully saturated rings. The Morgan fingerprint density at radius 1 is 1.04 bits per heavy atom. The lowest BCUT2D eigenvalue weighted by molar-refractivity contribution is 0.102. The number of benzene rings is 3. The number of anilines is 1. The molecule has 3 aromatic carbocycles. The van der Waals surface area contributed by atoms with Gasteiger partial charge in [0.05, 0.1) is 22.4 Å². The number of amides is 1. The number of aromatic nitrogens is 1. The minimum Gasteiger partial charge on any atom is -0.493 e. The van der Waals surface area contributed by atoms with Crippen LogP contribution in [0.3, 0.4) is 0 Å². The van der Waals surface area contributed by atoms with Gasteiger partial charge >= 0.3 is 0 Å². The van der Waals surface area contributed by atoms with Crippen LogP contribution < -0.4 is 10.1 Å². The first-order valence-electron chi connectivity index (χ1n) is 9.24. The van der Waals surface area contributed by atoms with Crippen molar-refractivity contribution in [3.8, 4) is 16.3 Å². The molecule has 0 unspecified atom stereocenters. The highest BCUT2D eigenvalue weighted by Crippen LogP contribution is 2.31. The molecule has 0 saturated carbocycles. The zero-order valence-electron chi connectivity index (χ0n) is 15.5. The Labute approximate surface area is 167 Å². The molecular weight excluding hydrogens is 368 g/mol. The zero-order valence-corrected chi connectivity index (χ0v) is 16.3. The summed E-state index contributed by atoms with van der Waals surface area (Å²) in [5.41, 5.74) is 3.22. The fraction of sp³-hybridized carbons (Fsp3) is 0.130. The first-order valence-corrected chi connectivity index (χ1v) is 10.1. The fourth-order valence-corrected chi connectivity index (χ4v) is 3.88. The topological polar surface area (TPSA) is 51.2 Å². The van der Waals surface area contributed by atoms with Gasteiger partial charge in [-0.15, -0.1) is 11.3 Å². The van der Waals surface area contributed by atoms with Gasteiger partial charge in [0.2, 0.25) is 0 Å². The van der Waals surface area contributed by atoms with Crippen LogP contribution in [0.25, 0.3) is 20.8 Å². The van der Waals surface area contributed by atoms with Crippen LogP contribution in [0.1, 0.15) is 23.7 Å². The molecular formula is C23H20N2O2S. The first kappa shape index (κ1) is 18.2. The largest absolute Gasteiger partial charge is 0.493 e. The molecule has 0 saturated heterocycles. The van der Waals surface area contributed by atoms with Gasteiger partial charge in [-0.2, -0.15) is 0 Å². The lowest BCUT2D eigenvalue weighted by Gasteiger charge is -2.11. The van der Waals surface area contributed by atoms with E-state index >= 15 is 0 Å². The lowest BCUT2D eigenvalue weighted by atomic mass is 10.1. The van der Waals surface area contributed by atoms with Crippen LogP contribution in [0.2, 0.25) is 0 Å². The average Bonchev–Trinajstić information content (AvgIpc) is 3.17. The molecule has 140 valence electrons. The molecule has 0 aliphatic heterocycles. The van der Waals surface area contributed by atoms with Crippen LogP contribution in [-0.2, 0) is 0 Å². The van der Waals surface area contributed by atoms with E-state index in [9.17, 15) is 4.79 Å². The molecule has 1 amide bonds. The Hall–Kier alpha value is -3.18. The van der Waals surface area contributed by atoms with Crippen LogP contribution in [0.15, 0.2) is 72.8 Å². The molecule has 0 atom stereocenters.